The van der Waals surface area contributed by atoms with Gasteiger partial charge in [-0.15, -0.1) is 11.8 Å². The monoisotopic (exact) mass is 257 g/mol. The van der Waals surface area contributed by atoms with E-state index >= 15 is 0 Å². The summed E-state index contributed by atoms with van der Waals surface area (Å²) < 4.78 is 4.10. The van der Waals surface area contributed by atoms with Gasteiger partial charge in [0.25, 0.3) is 0 Å². The minimum absolute atomic E-state index is 0.274. The van der Waals surface area contributed by atoms with Gasteiger partial charge in [0.15, 0.2) is 4.75 Å². The molecule has 0 saturated carbocycles. The standard InChI is InChI=1S/C11H12ClNO2S/c1-6-4-7-5-16-11(2,10(14)15-3)8(7)13-9(6)12/h4H,5H2,1-3H3. The highest BCUT2D eigenvalue weighted by molar-refractivity contribution is 8.00. The zero-order chi connectivity index (χ0) is 11.9. The highest BCUT2D eigenvalue weighted by Crippen LogP contribution is 2.47. The van der Waals surface area contributed by atoms with E-state index in [1.54, 1.807) is 0 Å². The molecule has 0 aromatic carbocycles. The number of carbonyl (C=O) groups excluding carboxylic acids is 1. The molecule has 0 fully saturated rings. The van der Waals surface area contributed by atoms with Gasteiger partial charge in [0, 0.05) is 5.75 Å². The van der Waals surface area contributed by atoms with Crippen LogP contribution in [0.1, 0.15) is 23.7 Å². The maximum absolute atomic E-state index is 11.8. The van der Waals surface area contributed by atoms with E-state index in [1.165, 1.54) is 18.9 Å². The molecule has 0 spiro atoms. The second-order valence-corrected chi connectivity index (χ2v) is 5.67. The van der Waals surface area contributed by atoms with Crippen LogP contribution in [0, 0.1) is 6.92 Å². The van der Waals surface area contributed by atoms with Crippen molar-refractivity contribution in [3.05, 3.63) is 28.0 Å². The smallest absolute Gasteiger partial charge is 0.327 e. The molecule has 1 aliphatic heterocycles. The van der Waals surface area contributed by atoms with E-state index in [-0.39, 0.29) is 5.97 Å². The van der Waals surface area contributed by atoms with Gasteiger partial charge in [-0.25, -0.2) is 4.98 Å². The fourth-order valence-electron chi connectivity index (χ4n) is 1.81. The zero-order valence-corrected chi connectivity index (χ0v) is 10.9. The van der Waals surface area contributed by atoms with E-state index in [1.807, 2.05) is 19.9 Å². The van der Waals surface area contributed by atoms with Crippen LogP contribution in [-0.4, -0.2) is 18.1 Å². The fourth-order valence-corrected chi connectivity index (χ4v) is 3.13. The van der Waals surface area contributed by atoms with E-state index in [9.17, 15) is 4.79 Å². The molecule has 1 aromatic rings. The van der Waals surface area contributed by atoms with E-state index < -0.39 is 4.75 Å². The van der Waals surface area contributed by atoms with E-state index in [0.717, 1.165) is 22.6 Å². The maximum atomic E-state index is 11.8. The van der Waals surface area contributed by atoms with Crippen molar-refractivity contribution in [3.8, 4) is 0 Å². The number of aryl methyl sites for hydroxylation is 1. The van der Waals surface area contributed by atoms with Crippen LogP contribution in [0.25, 0.3) is 0 Å². The third-order valence-corrected chi connectivity index (χ3v) is 4.55. The number of ether oxygens (including phenoxy) is 1. The molecular weight excluding hydrogens is 246 g/mol. The van der Waals surface area contributed by atoms with Crippen molar-refractivity contribution >= 4 is 29.3 Å². The molecule has 1 unspecified atom stereocenters. The first-order chi connectivity index (χ1) is 7.49. The van der Waals surface area contributed by atoms with Crippen LogP contribution in [0.15, 0.2) is 6.07 Å². The summed E-state index contributed by atoms with van der Waals surface area (Å²) in [5.74, 6) is 0.495. The summed E-state index contributed by atoms with van der Waals surface area (Å²) >= 11 is 7.52. The number of hydrogen-bond donors (Lipinski definition) is 0. The number of nitrogens with zero attached hydrogens (tertiary/aromatic N) is 1. The SMILES string of the molecule is COC(=O)C1(C)SCc2cc(C)c(Cl)nc21. The molecule has 2 rings (SSSR count). The summed E-state index contributed by atoms with van der Waals surface area (Å²) in [7, 11) is 1.39. The number of fused-ring (bicyclic) bond motifs is 1. The third-order valence-electron chi connectivity index (χ3n) is 2.77. The number of aromatic nitrogens is 1. The van der Waals surface area contributed by atoms with E-state index in [2.05, 4.69) is 4.98 Å². The Balaban J connectivity index is 2.55. The Morgan fingerprint density at radius 1 is 1.69 bits per heavy atom. The molecule has 2 heterocycles. The molecule has 1 atom stereocenters. The number of pyridine rings is 1. The van der Waals surface area contributed by atoms with Crippen molar-refractivity contribution in [3.63, 3.8) is 0 Å². The van der Waals surface area contributed by atoms with Crippen LogP contribution in [-0.2, 0) is 20.0 Å². The summed E-state index contributed by atoms with van der Waals surface area (Å²) in [5.41, 5.74) is 2.75. The Morgan fingerprint density at radius 3 is 3.00 bits per heavy atom. The Labute approximate surface area is 104 Å². The maximum Gasteiger partial charge on any atom is 0.327 e. The molecule has 0 saturated heterocycles. The highest BCUT2D eigenvalue weighted by atomic mass is 35.5. The quantitative estimate of drug-likeness (QED) is 0.573. The van der Waals surface area contributed by atoms with Crippen molar-refractivity contribution in [2.75, 3.05) is 7.11 Å². The molecule has 5 heteroatoms. The van der Waals surface area contributed by atoms with E-state index in [4.69, 9.17) is 16.3 Å². The van der Waals surface area contributed by atoms with Crippen molar-refractivity contribution < 1.29 is 9.53 Å². The largest absolute Gasteiger partial charge is 0.468 e. The minimum atomic E-state index is -0.721. The molecule has 0 bridgehead atoms. The van der Waals surface area contributed by atoms with E-state index in [0.29, 0.717) is 5.15 Å². The summed E-state index contributed by atoms with van der Waals surface area (Å²) in [6.45, 7) is 3.74. The lowest BCUT2D eigenvalue weighted by Crippen LogP contribution is -2.29. The fraction of sp³-hybridized carbons (Fsp3) is 0.455. The number of hydrogen-bond acceptors (Lipinski definition) is 4. The normalized spacial score (nSPS) is 23.0. The van der Waals surface area contributed by atoms with Crippen molar-refractivity contribution in [1.82, 2.24) is 4.98 Å². The molecule has 16 heavy (non-hydrogen) atoms. The average Bonchev–Trinajstić information content (AvgIpc) is 2.58. The van der Waals surface area contributed by atoms with Gasteiger partial charge >= 0.3 is 5.97 Å². The van der Waals surface area contributed by atoms with Crippen LogP contribution in [0.2, 0.25) is 5.15 Å². The van der Waals surface area contributed by atoms with Crippen LogP contribution < -0.4 is 0 Å². The van der Waals surface area contributed by atoms with Gasteiger partial charge < -0.3 is 4.74 Å². The number of halogens is 1. The molecular formula is C11H12ClNO2S. The van der Waals surface area contributed by atoms with Crippen LogP contribution in [0.4, 0.5) is 0 Å². The number of rotatable bonds is 1. The molecule has 0 amide bonds. The Bertz CT molecular complexity index is 464. The summed E-state index contributed by atoms with van der Waals surface area (Å²) in [5, 5.41) is 0.455. The molecule has 0 N–H and O–H groups in total. The lowest BCUT2D eigenvalue weighted by Gasteiger charge is -2.20. The summed E-state index contributed by atoms with van der Waals surface area (Å²) in [6, 6.07) is 1.99. The number of thioether (sulfide) groups is 1. The van der Waals surface area contributed by atoms with Gasteiger partial charge in [0.1, 0.15) is 5.15 Å². The number of esters is 1. The van der Waals surface area contributed by atoms with Gasteiger partial charge in [0.05, 0.1) is 12.8 Å². The van der Waals surface area contributed by atoms with Gasteiger partial charge in [-0.05, 0) is 25.0 Å². The first kappa shape index (κ1) is 11.7. The molecule has 0 aliphatic carbocycles. The van der Waals surface area contributed by atoms with Crippen LogP contribution in [0.5, 0.6) is 0 Å². The molecule has 1 aromatic heterocycles. The highest BCUT2D eigenvalue weighted by Gasteiger charge is 2.45. The molecule has 3 nitrogen and oxygen atoms in total. The predicted octanol–water partition coefficient (Wildman–Crippen LogP) is 2.68. The molecule has 1 aliphatic rings. The lowest BCUT2D eigenvalue weighted by atomic mass is 10.0. The average molecular weight is 258 g/mol. The lowest BCUT2D eigenvalue weighted by molar-refractivity contribution is -0.143. The Morgan fingerprint density at radius 2 is 2.38 bits per heavy atom. The Kier molecular flexibility index (Phi) is 2.88. The third kappa shape index (κ3) is 1.60. The zero-order valence-electron chi connectivity index (χ0n) is 9.33. The topological polar surface area (TPSA) is 39.2 Å². The summed E-state index contributed by atoms with van der Waals surface area (Å²) in [6.07, 6.45) is 0. The first-order valence-corrected chi connectivity index (χ1v) is 6.24. The molecule has 0 radical (unpaired) electrons. The number of methoxy groups -OCH3 is 1. The first-order valence-electron chi connectivity index (χ1n) is 4.88. The minimum Gasteiger partial charge on any atom is -0.468 e. The van der Waals surface area contributed by atoms with Crippen molar-refractivity contribution in [2.45, 2.75) is 24.3 Å². The second kappa shape index (κ2) is 3.93. The molecule has 86 valence electrons. The van der Waals surface area contributed by atoms with Crippen molar-refractivity contribution in [2.24, 2.45) is 0 Å². The second-order valence-electron chi connectivity index (χ2n) is 3.92. The van der Waals surface area contributed by atoms with Gasteiger partial charge in [0.2, 0.25) is 0 Å². The van der Waals surface area contributed by atoms with Gasteiger partial charge in [-0.1, -0.05) is 17.7 Å². The van der Waals surface area contributed by atoms with Crippen LogP contribution >= 0.6 is 23.4 Å². The summed E-state index contributed by atoms with van der Waals surface area (Å²) in [4.78, 5) is 16.1. The van der Waals surface area contributed by atoms with Gasteiger partial charge in [-0.2, -0.15) is 0 Å². The van der Waals surface area contributed by atoms with Crippen molar-refractivity contribution in [1.29, 1.82) is 0 Å². The van der Waals surface area contributed by atoms with Crippen LogP contribution in [0.3, 0.4) is 0 Å². The van der Waals surface area contributed by atoms with Gasteiger partial charge in [-0.3, -0.25) is 4.79 Å². The predicted molar refractivity (Wildman–Crippen MR) is 64.6 cm³/mol. The Hall–Kier alpha value is -0.740. The number of carbonyl (C=O) groups is 1.